The Morgan fingerprint density at radius 3 is 2.32 bits per heavy atom. The Kier molecular flexibility index (Phi) is 12.5. The zero-order chi connectivity index (χ0) is 36.6. The fraction of sp³-hybridized carbons (Fsp3) is 0.278. The SMILES string of the molecule is COc1ccc(Cl)cc1N(CC(=O)N(Cc1ccccc1F)[C@@H](Cc1ccccc1)C(=O)NCC(C)C)S(=O)(=O)c1ccc(C)c([N+](=O)[O-])c1. The van der Waals surface area contributed by atoms with E-state index < -0.39 is 55.7 Å². The summed E-state index contributed by atoms with van der Waals surface area (Å²) >= 11 is 6.31. The van der Waals surface area contributed by atoms with E-state index in [9.17, 15) is 28.1 Å². The molecule has 0 saturated heterocycles. The van der Waals surface area contributed by atoms with E-state index in [1.807, 2.05) is 13.8 Å². The molecule has 0 heterocycles. The topological polar surface area (TPSA) is 139 Å². The molecule has 0 aliphatic heterocycles. The number of nitrogens with zero attached hydrogens (tertiary/aromatic N) is 3. The van der Waals surface area contributed by atoms with Gasteiger partial charge in [-0.25, -0.2) is 12.8 Å². The molecule has 14 heteroatoms. The summed E-state index contributed by atoms with van der Waals surface area (Å²) in [5, 5.41) is 14.7. The molecule has 0 spiro atoms. The third-order valence-electron chi connectivity index (χ3n) is 7.91. The van der Waals surface area contributed by atoms with Crippen LogP contribution in [-0.4, -0.2) is 56.3 Å². The molecule has 0 radical (unpaired) electrons. The van der Waals surface area contributed by atoms with Crippen molar-refractivity contribution in [3.05, 3.63) is 129 Å². The highest BCUT2D eigenvalue weighted by Crippen LogP contribution is 2.36. The molecule has 0 unspecified atom stereocenters. The predicted octanol–water partition coefficient (Wildman–Crippen LogP) is 6.31. The molecule has 4 aromatic rings. The maximum atomic E-state index is 15.1. The Morgan fingerprint density at radius 1 is 1.00 bits per heavy atom. The van der Waals surface area contributed by atoms with E-state index in [1.165, 1.54) is 62.6 Å². The lowest BCUT2D eigenvalue weighted by Crippen LogP contribution is -2.54. The van der Waals surface area contributed by atoms with Crippen molar-refractivity contribution in [2.45, 2.75) is 44.7 Å². The third kappa shape index (κ3) is 9.16. The first-order valence-corrected chi connectivity index (χ1v) is 17.5. The number of benzene rings is 4. The number of nitrogens with one attached hydrogen (secondary N) is 1. The Morgan fingerprint density at radius 2 is 1.68 bits per heavy atom. The number of nitro benzene ring substituents is 1. The number of anilines is 1. The standard InChI is InChI=1S/C36H38ClFN4O7S/c1-24(2)21-39-36(44)33(18-26-10-6-5-7-11-26)40(22-27-12-8-9-13-30(27)38)35(43)23-41(32-19-28(37)15-17-34(32)49-4)50(47,48)29-16-14-25(3)31(20-29)42(45)46/h5-17,19-20,24,33H,18,21-23H2,1-4H3,(H,39,44)/t33-/m0/s1. The Bertz CT molecular complexity index is 1960. The molecule has 11 nitrogen and oxygen atoms in total. The second-order valence-electron chi connectivity index (χ2n) is 12.0. The van der Waals surface area contributed by atoms with E-state index >= 15 is 4.39 Å². The minimum atomic E-state index is -4.74. The molecule has 50 heavy (non-hydrogen) atoms. The summed E-state index contributed by atoms with van der Waals surface area (Å²) in [6, 6.07) is 21.1. The second kappa shape index (κ2) is 16.6. The molecule has 0 saturated carbocycles. The second-order valence-corrected chi connectivity index (χ2v) is 14.3. The number of hydrogen-bond donors (Lipinski definition) is 1. The van der Waals surface area contributed by atoms with Gasteiger partial charge in [-0.15, -0.1) is 0 Å². The number of amides is 2. The number of hydrogen-bond acceptors (Lipinski definition) is 7. The summed E-state index contributed by atoms with van der Waals surface area (Å²) in [6.45, 7) is 4.29. The number of halogens is 2. The zero-order valence-electron chi connectivity index (χ0n) is 28.0. The van der Waals surface area contributed by atoms with Crippen LogP contribution in [0.2, 0.25) is 5.02 Å². The van der Waals surface area contributed by atoms with Crippen LogP contribution in [0.15, 0.2) is 95.9 Å². The van der Waals surface area contributed by atoms with Gasteiger partial charge < -0.3 is 15.0 Å². The molecule has 0 aromatic heterocycles. The van der Waals surface area contributed by atoms with Crippen molar-refractivity contribution in [2.75, 3.05) is 24.5 Å². The van der Waals surface area contributed by atoms with E-state index in [0.29, 0.717) is 5.56 Å². The molecule has 1 atom stereocenters. The van der Waals surface area contributed by atoms with Crippen LogP contribution >= 0.6 is 11.6 Å². The smallest absolute Gasteiger partial charge is 0.273 e. The van der Waals surface area contributed by atoms with E-state index in [2.05, 4.69) is 5.32 Å². The lowest BCUT2D eigenvalue weighted by Gasteiger charge is -2.34. The van der Waals surface area contributed by atoms with Crippen LogP contribution in [0.25, 0.3) is 0 Å². The van der Waals surface area contributed by atoms with Crippen molar-refractivity contribution in [1.29, 1.82) is 0 Å². The largest absolute Gasteiger partial charge is 0.495 e. The fourth-order valence-corrected chi connectivity index (χ4v) is 6.83. The number of sulfonamides is 1. The van der Waals surface area contributed by atoms with E-state index in [1.54, 1.807) is 36.4 Å². The van der Waals surface area contributed by atoms with Gasteiger partial charge in [0.05, 0.1) is 22.6 Å². The fourth-order valence-electron chi connectivity index (χ4n) is 5.23. The highest BCUT2D eigenvalue weighted by Gasteiger charge is 2.36. The van der Waals surface area contributed by atoms with Gasteiger partial charge in [-0.1, -0.05) is 80.0 Å². The molecule has 0 bridgehead atoms. The summed E-state index contributed by atoms with van der Waals surface area (Å²) < 4.78 is 50.2. The predicted molar refractivity (Wildman–Crippen MR) is 189 cm³/mol. The van der Waals surface area contributed by atoms with Crippen LogP contribution in [-0.2, 0) is 32.6 Å². The molecule has 1 N–H and O–H groups in total. The molecule has 2 amide bonds. The third-order valence-corrected chi connectivity index (χ3v) is 9.90. The maximum Gasteiger partial charge on any atom is 0.273 e. The van der Waals surface area contributed by atoms with Gasteiger partial charge >= 0.3 is 0 Å². The lowest BCUT2D eigenvalue weighted by molar-refractivity contribution is -0.385. The Balaban J connectivity index is 1.90. The van der Waals surface area contributed by atoms with Gasteiger partial charge in [-0.2, -0.15) is 0 Å². The van der Waals surface area contributed by atoms with Crippen molar-refractivity contribution in [3.63, 3.8) is 0 Å². The molecule has 0 aliphatic rings. The molecular formula is C36H38ClFN4O7S. The van der Waals surface area contributed by atoms with Gasteiger partial charge in [0.2, 0.25) is 11.8 Å². The van der Waals surface area contributed by atoms with Crippen molar-refractivity contribution in [2.24, 2.45) is 5.92 Å². The number of rotatable bonds is 15. The van der Waals surface area contributed by atoms with Crippen LogP contribution in [0.1, 0.15) is 30.5 Å². The van der Waals surface area contributed by atoms with Gasteiger partial charge in [-0.3, -0.25) is 24.0 Å². The molecule has 4 rings (SSSR count). The number of ether oxygens (including phenoxy) is 1. The van der Waals surface area contributed by atoms with Gasteiger partial charge in [0.25, 0.3) is 15.7 Å². The summed E-state index contributed by atoms with van der Waals surface area (Å²) in [7, 11) is -3.44. The Labute approximate surface area is 295 Å². The number of methoxy groups -OCH3 is 1. The summed E-state index contributed by atoms with van der Waals surface area (Å²) in [6.07, 6.45) is 0.0301. The number of nitro groups is 1. The minimum absolute atomic E-state index is 0.0301. The van der Waals surface area contributed by atoms with E-state index in [0.717, 1.165) is 15.3 Å². The molecular weight excluding hydrogens is 687 g/mol. The van der Waals surface area contributed by atoms with Crippen LogP contribution in [0, 0.1) is 28.8 Å². The zero-order valence-corrected chi connectivity index (χ0v) is 29.6. The van der Waals surface area contributed by atoms with Crippen molar-refractivity contribution in [3.8, 4) is 5.75 Å². The quantitative estimate of drug-likeness (QED) is 0.112. The monoisotopic (exact) mass is 724 g/mol. The molecule has 0 aliphatic carbocycles. The average molecular weight is 725 g/mol. The van der Waals surface area contributed by atoms with Crippen molar-refractivity contribution >= 4 is 44.8 Å². The van der Waals surface area contributed by atoms with Gasteiger partial charge in [0, 0.05) is 41.7 Å². The highest BCUT2D eigenvalue weighted by atomic mass is 35.5. The number of carbonyl (C=O) groups excluding carboxylic acids is 2. The minimum Gasteiger partial charge on any atom is -0.495 e. The number of carbonyl (C=O) groups is 2. The highest BCUT2D eigenvalue weighted by molar-refractivity contribution is 7.92. The first-order chi connectivity index (χ1) is 23.7. The molecule has 0 fully saturated rings. The van der Waals surface area contributed by atoms with Crippen LogP contribution in [0.3, 0.4) is 0 Å². The summed E-state index contributed by atoms with van der Waals surface area (Å²) in [5.41, 5.74) is 0.452. The number of aryl methyl sites for hydroxylation is 1. The normalized spacial score (nSPS) is 11.9. The lowest BCUT2D eigenvalue weighted by atomic mass is 10.0. The first-order valence-electron chi connectivity index (χ1n) is 15.7. The molecule has 4 aromatic carbocycles. The summed E-state index contributed by atoms with van der Waals surface area (Å²) in [5.74, 6) is -1.90. The van der Waals surface area contributed by atoms with Crippen LogP contribution in [0.5, 0.6) is 5.75 Å². The van der Waals surface area contributed by atoms with Crippen molar-refractivity contribution < 1.29 is 32.1 Å². The van der Waals surface area contributed by atoms with Gasteiger partial charge in [0.15, 0.2) is 0 Å². The van der Waals surface area contributed by atoms with E-state index in [4.69, 9.17) is 16.3 Å². The van der Waals surface area contributed by atoms with Crippen molar-refractivity contribution in [1.82, 2.24) is 10.2 Å². The molecule has 264 valence electrons. The maximum absolute atomic E-state index is 15.1. The van der Waals surface area contributed by atoms with E-state index in [-0.39, 0.29) is 53.0 Å². The van der Waals surface area contributed by atoms with Gasteiger partial charge in [-0.05, 0) is 48.7 Å². The average Bonchev–Trinajstić information content (AvgIpc) is 3.08. The Hall–Kier alpha value is -5.01. The van der Waals surface area contributed by atoms with Crippen LogP contribution < -0.4 is 14.4 Å². The van der Waals surface area contributed by atoms with Crippen LogP contribution in [0.4, 0.5) is 15.8 Å². The summed E-state index contributed by atoms with van der Waals surface area (Å²) in [4.78, 5) is 40.3. The van der Waals surface area contributed by atoms with Gasteiger partial charge in [0.1, 0.15) is 24.2 Å². The first kappa shape index (κ1) is 37.8.